The van der Waals surface area contributed by atoms with Gasteiger partial charge in [-0.3, -0.25) is 0 Å². The number of aryl methyl sites for hydroxylation is 1. The third-order valence-corrected chi connectivity index (χ3v) is 2.18. The number of rotatable bonds is 1. The summed E-state index contributed by atoms with van der Waals surface area (Å²) in [7, 11) is 0. The van der Waals surface area contributed by atoms with Crippen molar-refractivity contribution < 1.29 is 13.2 Å². The van der Waals surface area contributed by atoms with Crippen molar-refractivity contribution in [3.05, 3.63) is 34.9 Å². The first kappa shape index (κ1) is 10.4. The van der Waals surface area contributed by atoms with Gasteiger partial charge in [-0.1, -0.05) is 6.07 Å². The standard InChI is InChI=1S/C9H9F3S/c1-6-4-8(9(10,11)12)3-2-7(6)5-13/h2-4,13H,5H2,1H3. The highest BCUT2D eigenvalue weighted by Gasteiger charge is 2.30. The van der Waals surface area contributed by atoms with Gasteiger partial charge in [0.1, 0.15) is 0 Å². The Labute approximate surface area is 80.2 Å². The molecule has 1 rings (SSSR count). The Hall–Kier alpha value is -0.640. The van der Waals surface area contributed by atoms with Crippen LogP contribution in [0.1, 0.15) is 16.7 Å². The van der Waals surface area contributed by atoms with Crippen molar-refractivity contribution in [3.8, 4) is 0 Å². The van der Waals surface area contributed by atoms with Crippen LogP contribution in [0.4, 0.5) is 13.2 Å². The maximum atomic E-state index is 12.2. The van der Waals surface area contributed by atoms with Crippen molar-refractivity contribution in [1.82, 2.24) is 0 Å². The Morgan fingerprint density at radius 2 is 1.92 bits per heavy atom. The van der Waals surface area contributed by atoms with Gasteiger partial charge < -0.3 is 0 Å². The van der Waals surface area contributed by atoms with Gasteiger partial charge in [0.15, 0.2) is 0 Å². The Morgan fingerprint density at radius 1 is 1.31 bits per heavy atom. The van der Waals surface area contributed by atoms with Crippen LogP contribution in [0.25, 0.3) is 0 Å². The topological polar surface area (TPSA) is 0 Å². The lowest BCUT2D eigenvalue weighted by Crippen LogP contribution is -2.05. The van der Waals surface area contributed by atoms with Crippen molar-refractivity contribution in [2.75, 3.05) is 0 Å². The number of hydrogen-bond donors (Lipinski definition) is 1. The molecule has 0 spiro atoms. The van der Waals surface area contributed by atoms with Crippen molar-refractivity contribution in [2.45, 2.75) is 18.9 Å². The first-order valence-corrected chi connectivity index (χ1v) is 4.36. The molecular weight excluding hydrogens is 197 g/mol. The summed E-state index contributed by atoms with van der Waals surface area (Å²) in [6.45, 7) is 1.65. The molecule has 0 fully saturated rings. The van der Waals surface area contributed by atoms with Gasteiger partial charge in [0.05, 0.1) is 5.56 Å². The lowest BCUT2D eigenvalue weighted by atomic mass is 10.1. The summed E-state index contributed by atoms with van der Waals surface area (Å²) >= 11 is 4.01. The molecule has 13 heavy (non-hydrogen) atoms. The third-order valence-electron chi connectivity index (χ3n) is 1.84. The van der Waals surface area contributed by atoms with E-state index in [1.54, 1.807) is 6.92 Å². The second-order valence-electron chi connectivity index (χ2n) is 2.80. The Bertz CT molecular complexity index is 304. The van der Waals surface area contributed by atoms with Gasteiger partial charge in [0.2, 0.25) is 0 Å². The third kappa shape index (κ3) is 2.40. The number of alkyl halides is 3. The zero-order valence-corrected chi connectivity index (χ0v) is 7.91. The summed E-state index contributed by atoms with van der Waals surface area (Å²) in [5, 5.41) is 0. The normalized spacial score (nSPS) is 11.8. The molecule has 1 aromatic carbocycles. The van der Waals surface area contributed by atoms with Crippen LogP contribution in [0.2, 0.25) is 0 Å². The fourth-order valence-electron chi connectivity index (χ4n) is 1.05. The van der Waals surface area contributed by atoms with Crippen LogP contribution in [0.5, 0.6) is 0 Å². The molecule has 0 N–H and O–H groups in total. The number of thiol groups is 1. The van der Waals surface area contributed by atoms with E-state index in [1.807, 2.05) is 0 Å². The number of benzene rings is 1. The van der Waals surface area contributed by atoms with Crippen molar-refractivity contribution >= 4 is 12.6 Å². The largest absolute Gasteiger partial charge is 0.416 e. The lowest BCUT2D eigenvalue weighted by molar-refractivity contribution is -0.137. The van der Waals surface area contributed by atoms with Crippen LogP contribution >= 0.6 is 12.6 Å². The molecule has 0 nitrogen and oxygen atoms in total. The molecule has 0 heterocycles. The van der Waals surface area contributed by atoms with Crippen molar-refractivity contribution in [2.24, 2.45) is 0 Å². The molecule has 72 valence electrons. The minimum Gasteiger partial charge on any atom is -0.175 e. The molecular formula is C9H9F3S. The number of hydrogen-bond acceptors (Lipinski definition) is 1. The van der Waals surface area contributed by atoms with Gasteiger partial charge in [0.25, 0.3) is 0 Å². The highest BCUT2D eigenvalue weighted by molar-refractivity contribution is 7.79. The van der Waals surface area contributed by atoms with E-state index in [2.05, 4.69) is 12.6 Å². The smallest absolute Gasteiger partial charge is 0.175 e. The van der Waals surface area contributed by atoms with Crippen LogP contribution in [0, 0.1) is 6.92 Å². The van der Waals surface area contributed by atoms with Gasteiger partial charge in [-0.05, 0) is 30.2 Å². The molecule has 0 unspecified atom stereocenters. The van der Waals surface area contributed by atoms with Gasteiger partial charge in [0, 0.05) is 5.75 Å². The van der Waals surface area contributed by atoms with E-state index in [9.17, 15) is 13.2 Å². The predicted molar refractivity (Wildman–Crippen MR) is 48.9 cm³/mol. The maximum absolute atomic E-state index is 12.2. The lowest BCUT2D eigenvalue weighted by Gasteiger charge is -2.09. The second-order valence-corrected chi connectivity index (χ2v) is 3.11. The van der Waals surface area contributed by atoms with E-state index in [-0.39, 0.29) is 0 Å². The van der Waals surface area contributed by atoms with Crippen molar-refractivity contribution in [1.29, 1.82) is 0 Å². The quantitative estimate of drug-likeness (QED) is 0.668. The van der Waals surface area contributed by atoms with E-state index in [4.69, 9.17) is 0 Å². The molecule has 0 aliphatic heterocycles. The predicted octanol–water partition coefficient (Wildman–Crippen LogP) is 3.44. The van der Waals surface area contributed by atoms with Crippen LogP contribution in [-0.2, 0) is 11.9 Å². The van der Waals surface area contributed by atoms with Crippen LogP contribution in [0.3, 0.4) is 0 Å². The SMILES string of the molecule is Cc1cc(C(F)(F)F)ccc1CS. The Kier molecular flexibility index (Phi) is 2.91. The minimum absolute atomic E-state index is 0.462. The molecule has 0 aliphatic rings. The molecule has 4 heteroatoms. The zero-order valence-electron chi connectivity index (χ0n) is 7.02. The molecule has 1 aromatic rings. The maximum Gasteiger partial charge on any atom is 0.416 e. The molecule has 0 atom stereocenters. The molecule has 0 saturated carbocycles. The summed E-state index contributed by atoms with van der Waals surface area (Å²) in [5.41, 5.74) is 0.858. The summed E-state index contributed by atoms with van der Waals surface area (Å²) in [6, 6.07) is 3.69. The fourth-order valence-corrected chi connectivity index (χ4v) is 1.40. The second kappa shape index (κ2) is 3.62. The summed E-state index contributed by atoms with van der Waals surface area (Å²) in [6.07, 6.45) is -4.25. The molecule has 0 aliphatic carbocycles. The Morgan fingerprint density at radius 3 is 2.31 bits per heavy atom. The average molecular weight is 206 g/mol. The van der Waals surface area contributed by atoms with E-state index in [0.29, 0.717) is 11.3 Å². The fraction of sp³-hybridized carbons (Fsp3) is 0.333. The van der Waals surface area contributed by atoms with Gasteiger partial charge in [-0.2, -0.15) is 25.8 Å². The van der Waals surface area contributed by atoms with Gasteiger partial charge >= 0.3 is 6.18 Å². The summed E-state index contributed by atoms with van der Waals surface area (Å²) < 4.78 is 36.6. The molecule has 0 radical (unpaired) electrons. The first-order valence-electron chi connectivity index (χ1n) is 3.72. The van der Waals surface area contributed by atoms with E-state index in [1.165, 1.54) is 6.07 Å². The van der Waals surface area contributed by atoms with E-state index >= 15 is 0 Å². The van der Waals surface area contributed by atoms with Crippen LogP contribution < -0.4 is 0 Å². The van der Waals surface area contributed by atoms with Crippen molar-refractivity contribution in [3.63, 3.8) is 0 Å². The summed E-state index contributed by atoms with van der Waals surface area (Å²) in [4.78, 5) is 0. The van der Waals surface area contributed by atoms with Crippen LogP contribution in [0.15, 0.2) is 18.2 Å². The van der Waals surface area contributed by atoms with Gasteiger partial charge in [-0.25, -0.2) is 0 Å². The molecule has 0 saturated heterocycles. The highest BCUT2D eigenvalue weighted by Crippen LogP contribution is 2.30. The highest BCUT2D eigenvalue weighted by atomic mass is 32.1. The van der Waals surface area contributed by atoms with E-state index < -0.39 is 11.7 Å². The molecule has 0 amide bonds. The minimum atomic E-state index is -4.25. The molecule has 0 aromatic heterocycles. The number of halogens is 3. The Balaban J connectivity index is 3.10. The van der Waals surface area contributed by atoms with Gasteiger partial charge in [-0.15, -0.1) is 0 Å². The monoisotopic (exact) mass is 206 g/mol. The van der Waals surface area contributed by atoms with E-state index in [0.717, 1.165) is 17.7 Å². The molecule has 0 bridgehead atoms. The van der Waals surface area contributed by atoms with Crippen LogP contribution in [-0.4, -0.2) is 0 Å². The first-order chi connectivity index (χ1) is 5.95. The summed E-state index contributed by atoms with van der Waals surface area (Å²) in [5.74, 6) is 0.462. The average Bonchev–Trinajstić information content (AvgIpc) is 2.02. The zero-order chi connectivity index (χ0) is 10.1.